The zero-order valence-corrected chi connectivity index (χ0v) is 12.3. The first-order valence-corrected chi connectivity index (χ1v) is 6.71. The minimum Gasteiger partial charge on any atom is -0.383 e. The number of nitrogens with two attached hydrogens (primary N) is 1. The van der Waals surface area contributed by atoms with E-state index in [-0.39, 0.29) is 5.02 Å². The summed E-state index contributed by atoms with van der Waals surface area (Å²) in [7, 11) is 1.60. The van der Waals surface area contributed by atoms with Crippen LogP contribution in [0.2, 0.25) is 10.0 Å². The molecule has 0 spiro atoms. The van der Waals surface area contributed by atoms with Gasteiger partial charge in [0.1, 0.15) is 5.82 Å². The van der Waals surface area contributed by atoms with Gasteiger partial charge in [-0.15, -0.1) is 0 Å². The van der Waals surface area contributed by atoms with Gasteiger partial charge >= 0.3 is 0 Å². The van der Waals surface area contributed by atoms with Gasteiger partial charge in [0.2, 0.25) is 0 Å². The summed E-state index contributed by atoms with van der Waals surface area (Å²) in [4.78, 5) is 0. The highest BCUT2D eigenvalue weighted by molar-refractivity contribution is 6.32. The summed E-state index contributed by atoms with van der Waals surface area (Å²) in [6.07, 6.45) is 1.52. The van der Waals surface area contributed by atoms with E-state index in [0.717, 1.165) is 0 Å². The first-order valence-electron chi connectivity index (χ1n) is 5.95. The molecule has 0 fully saturated rings. The van der Waals surface area contributed by atoms with Crippen LogP contribution in [0.1, 0.15) is 17.3 Å². The molecule has 4 nitrogen and oxygen atoms in total. The van der Waals surface area contributed by atoms with Crippen LogP contribution < -0.4 is 5.73 Å². The van der Waals surface area contributed by atoms with Crippen molar-refractivity contribution in [3.8, 4) is 0 Å². The Morgan fingerprint density at radius 3 is 2.80 bits per heavy atom. The van der Waals surface area contributed by atoms with Crippen LogP contribution in [0.5, 0.6) is 0 Å². The van der Waals surface area contributed by atoms with E-state index in [4.69, 9.17) is 33.7 Å². The van der Waals surface area contributed by atoms with Gasteiger partial charge in [-0.3, -0.25) is 4.68 Å². The molecular weight excluding hydrogens is 304 g/mol. The Kier molecular flexibility index (Phi) is 4.99. The number of methoxy groups -OCH3 is 1. The van der Waals surface area contributed by atoms with Crippen LogP contribution in [-0.4, -0.2) is 23.5 Å². The van der Waals surface area contributed by atoms with Gasteiger partial charge in [-0.1, -0.05) is 29.3 Å². The van der Waals surface area contributed by atoms with Crippen molar-refractivity contribution in [1.82, 2.24) is 9.78 Å². The highest BCUT2D eigenvalue weighted by Crippen LogP contribution is 2.31. The fourth-order valence-electron chi connectivity index (χ4n) is 1.94. The number of halogens is 3. The predicted octanol–water partition coefficient (Wildman–Crippen LogP) is 3.02. The Balaban J connectivity index is 2.37. The minimum absolute atomic E-state index is 0.257. The standard InChI is InChI=1S/C13H14Cl2FN3O/c1-20-5-4-19-13(11(15)7-18-19)12(17)9-3-2-8(16)6-10(9)14/h2-3,6-7,12H,4-5,17H2,1H3. The van der Waals surface area contributed by atoms with Crippen LogP contribution in [0.25, 0.3) is 0 Å². The number of benzene rings is 1. The molecule has 108 valence electrons. The topological polar surface area (TPSA) is 53.1 Å². The maximum atomic E-state index is 13.1. The lowest BCUT2D eigenvalue weighted by molar-refractivity contribution is 0.182. The predicted molar refractivity (Wildman–Crippen MR) is 76.6 cm³/mol. The van der Waals surface area contributed by atoms with Gasteiger partial charge in [0.15, 0.2) is 0 Å². The number of hydrogen-bond donors (Lipinski definition) is 1. The second-order valence-corrected chi connectivity index (χ2v) is 5.05. The largest absolute Gasteiger partial charge is 0.383 e. The molecule has 1 aromatic heterocycles. The third kappa shape index (κ3) is 3.12. The number of nitrogens with zero attached hydrogens (tertiary/aromatic N) is 2. The molecule has 0 aliphatic heterocycles. The first-order chi connectivity index (χ1) is 9.54. The lowest BCUT2D eigenvalue weighted by atomic mass is 10.0. The van der Waals surface area contributed by atoms with Crippen LogP contribution >= 0.6 is 23.2 Å². The number of aromatic nitrogens is 2. The summed E-state index contributed by atoms with van der Waals surface area (Å²) in [5.74, 6) is -0.412. The number of ether oxygens (including phenoxy) is 1. The number of rotatable bonds is 5. The molecule has 0 radical (unpaired) electrons. The quantitative estimate of drug-likeness (QED) is 0.922. The van der Waals surface area contributed by atoms with E-state index >= 15 is 0 Å². The average Bonchev–Trinajstić information content (AvgIpc) is 2.77. The van der Waals surface area contributed by atoms with Crippen LogP contribution in [0.4, 0.5) is 4.39 Å². The maximum Gasteiger partial charge on any atom is 0.124 e. The summed E-state index contributed by atoms with van der Waals surface area (Å²) in [5.41, 5.74) is 7.41. The summed E-state index contributed by atoms with van der Waals surface area (Å²) in [5, 5.41) is 4.85. The van der Waals surface area contributed by atoms with E-state index in [1.54, 1.807) is 17.9 Å². The summed E-state index contributed by atoms with van der Waals surface area (Å²) < 4.78 is 19.8. The second-order valence-electron chi connectivity index (χ2n) is 4.24. The lowest BCUT2D eigenvalue weighted by Gasteiger charge is -2.16. The highest BCUT2D eigenvalue weighted by Gasteiger charge is 2.20. The Bertz CT molecular complexity index is 603. The molecule has 1 unspecified atom stereocenters. The fourth-order valence-corrected chi connectivity index (χ4v) is 2.48. The van der Waals surface area contributed by atoms with E-state index in [0.29, 0.717) is 29.4 Å². The van der Waals surface area contributed by atoms with Crippen molar-refractivity contribution in [3.63, 3.8) is 0 Å². The maximum absolute atomic E-state index is 13.1. The summed E-state index contributed by atoms with van der Waals surface area (Å²) in [6.45, 7) is 1.000. The minimum atomic E-state index is -0.588. The van der Waals surface area contributed by atoms with Gasteiger partial charge in [-0.05, 0) is 17.7 Å². The monoisotopic (exact) mass is 317 g/mol. The first kappa shape index (κ1) is 15.3. The van der Waals surface area contributed by atoms with E-state index in [2.05, 4.69) is 5.10 Å². The number of hydrogen-bond acceptors (Lipinski definition) is 3. The molecular formula is C13H14Cl2FN3O. The van der Waals surface area contributed by atoms with Gasteiger partial charge < -0.3 is 10.5 Å². The third-order valence-electron chi connectivity index (χ3n) is 2.93. The lowest BCUT2D eigenvalue weighted by Crippen LogP contribution is -2.20. The molecule has 0 bridgehead atoms. The van der Waals surface area contributed by atoms with Crippen molar-refractivity contribution in [3.05, 3.63) is 51.5 Å². The summed E-state index contributed by atoms with van der Waals surface area (Å²) >= 11 is 12.2. The molecule has 0 aliphatic carbocycles. The Morgan fingerprint density at radius 2 is 2.15 bits per heavy atom. The van der Waals surface area contributed by atoms with Gasteiger partial charge in [0.25, 0.3) is 0 Å². The van der Waals surface area contributed by atoms with Gasteiger partial charge in [-0.25, -0.2) is 4.39 Å². The van der Waals surface area contributed by atoms with E-state index in [1.807, 2.05) is 0 Å². The van der Waals surface area contributed by atoms with Gasteiger partial charge in [-0.2, -0.15) is 5.10 Å². The van der Waals surface area contributed by atoms with Crippen molar-refractivity contribution in [1.29, 1.82) is 0 Å². The van der Waals surface area contributed by atoms with Crippen LogP contribution in [0.15, 0.2) is 24.4 Å². The molecule has 0 saturated carbocycles. The third-order valence-corrected chi connectivity index (χ3v) is 3.55. The molecule has 0 aliphatic rings. The van der Waals surface area contributed by atoms with Crippen LogP contribution in [0, 0.1) is 5.82 Å². The second kappa shape index (κ2) is 6.54. The zero-order valence-electron chi connectivity index (χ0n) is 10.8. The molecule has 1 aromatic carbocycles. The Hall–Kier alpha value is -1.14. The highest BCUT2D eigenvalue weighted by atomic mass is 35.5. The Morgan fingerprint density at radius 1 is 1.40 bits per heavy atom. The normalized spacial score (nSPS) is 12.7. The zero-order chi connectivity index (χ0) is 14.7. The van der Waals surface area contributed by atoms with Crippen molar-refractivity contribution < 1.29 is 9.13 Å². The molecule has 1 atom stereocenters. The van der Waals surface area contributed by atoms with Gasteiger partial charge in [0, 0.05) is 12.1 Å². The SMILES string of the molecule is COCCn1ncc(Cl)c1C(N)c1ccc(F)cc1Cl. The molecule has 20 heavy (non-hydrogen) atoms. The molecule has 2 rings (SSSR count). The van der Waals surface area contributed by atoms with Gasteiger partial charge in [0.05, 0.1) is 36.1 Å². The molecule has 2 aromatic rings. The van der Waals surface area contributed by atoms with E-state index in [9.17, 15) is 4.39 Å². The van der Waals surface area contributed by atoms with E-state index < -0.39 is 11.9 Å². The smallest absolute Gasteiger partial charge is 0.124 e. The van der Waals surface area contributed by atoms with Crippen molar-refractivity contribution in [2.24, 2.45) is 5.73 Å². The fraction of sp³-hybridized carbons (Fsp3) is 0.308. The van der Waals surface area contributed by atoms with E-state index in [1.165, 1.54) is 18.3 Å². The molecule has 7 heteroatoms. The van der Waals surface area contributed by atoms with Crippen LogP contribution in [-0.2, 0) is 11.3 Å². The molecule has 2 N–H and O–H groups in total. The average molecular weight is 318 g/mol. The Labute approximate surface area is 126 Å². The van der Waals surface area contributed by atoms with Crippen LogP contribution in [0.3, 0.4) is 0 Å². The van der Waals surface area contributed by atoms with Crippen molar-refractivity contribution >= 4 is 23.2 Å². The van der Waals surface area contributed by atoms with Crippen molar-refractivity contribution in [2.75, 3.05) is 13.7 Å². The summed E-state index contributed by atoms with van der Waals surface area (Å²) in [6, 6.07) is 3.49. The van der Waals surface area contributed by atoms with Crippen molar-refractivity contribution in [2.45, 2.75) is 12.6 Å². The molecule has 0 amide bonds. The molecule has 1 heterocycles. The molecule has 0 saturated heterocycles.